The Bertz CT molecular complexity index is 632. The molecular weight excluding hydrogens is 304 g/mol. The van der Waals surface area contributed by atoms with Crippen LogP contribution >= 0.6 is 0 Å². The molecule has 2 saturated carbocycles. The summed E-state index contributed by atoms with van der Waals surface area (Å²) in [5, 5.41) is 18.7. The molecule has 2 atom stereocenters. The van der Waals surface area contributed by atoms with E-state index in [9.17, 15) is 33.0 Å². The van der Waals surface area contributed by atoms with Crippen LogP contribution in [0.3, 0.4) is 0 Å². The monoisotopic (exact) mass is 320 g/mol. The molecule has 0 amide bonds. The molecule has 2 bridgehead atoms. The first-order valence-corrected chi connectivity index (χ1v) is 7.92. The largest absolute Gasteiger partial charge is 0.480 e. The minimum absolute atomic E-state index is 0.0472. The molecule has 0 saturated heterocycles. The summed E-state index contributed by atoms with van der Waals surface area (Å²) < 4.78 is 31.6. The molecule has 8 nitrogen and oxygen atoms in total. The summed E-state index contributed by atoms with van der Waals surface area (Å²) in [6.45, 7) is 2.97. The van der Waals surface area contributed by atoms with E-state index in [1.54, 1.807) is 0 Å². The van der Waals surface area contributed by atoms with Crippen molar-refractivity contribution in [2.45, 2.75) is 26.7 Å². The molecule has 0 aromatic carbocycles. The standard InChI is InChI=1S/C12H16O8S/c1-10(2)6-3-4-11(10,5-21(18,19)20)7(13)12(6,8(14)15)9(16)17/h6H,3-5H2,1-2H3,(H,14,15)(H,16,17)(H,18,19,20). The third-order valence-corrected chi connectivity index (χ3v) is 6.24. The van der Waals surface area contributed by atoms with E-state index < -0.39 is 55.8 Å². The maximum atomic E-state index is 12.6. The second kappa shape index (κ2) is 4.04. The summed E-state index contributed by atoms with van der Waals surface area (Å²) in [6.07, 6.45) is 0.151. The molecule has 2 fully saturated rings. The molecular formula is C12H16O8S. The lowest BCUT2D eigenvalue weighted by Gasteiger charge is -2.34. The molecule has 2 unspecified atom stereocenters. The van der Waals surface area contributed by atoms with Gasteiger partial charge in [0.05, 0.1) is 11.2 Å². The second-order valence-corrected chi connectivity index (χ2v) is 7.82. The molecule has 0 heterocycles. The average molecular weight is 320 g/mol. The zero-order chi connectivity index (χ0) is 16.4. The second-order valence-electron chi connectivity index (χ2n) is 6.37. The van der Waals surface area contributed by atoms with Gasteiger partial charge in [-0.1, -0.05) is 13.8 Å². The Hall–Kier alpha value is -1.48. The van der Waals surface area contributed by atoms with Crippen molar-refractivity contribution in [3.8, 4) is 0 Å². The Morgan fingerprint density at radius 2 is 1.71 bits per heavy atom. The van der Waals surface area contributed by atoms with Crippen molar-refractivity contribution in [2.24, 2.45) is 22.2 Å². The zero-order valence-corrected chi connectivity index (χ0v) is 12.3. The highest BCUT2D eigenvalue weighted by molar-refractivity contribution is 7.85. The highest BCUT2D eigenvalue weighted by atomic mass is 32.2. The van der Waals surface area contributed by atoms with Gasteiger partial charge in [0.2, 0.25) is 5.41 Å². The number of hydrogen-bond donors (Lipinski definition) is 3. The van der Waals surface area contributed by atoms with E-state index >= 15 is 0 Å². The van der Waals surface area contributed by atoms with Crippen molar-refractivity contribution in [1.29, 1.82) is 0 Å². The summed E-state index contributed by atoms with van der Waals surface area (Å²) >= 11 is 0. The minimum atomic E-state index is -4.56. The third kappa shape index (κ3) is 1.64. The van der Waals surface area contributed by atoms with Crippen LogP contribution < -0.4 is 0 Å². The highest BCUT2D eigenvalue weighted by Gasteiger charge is 2.81. The third-order valence-electron chi connectivity index (χ3n) is 5.38. The molecule has 0 aromatic rings. The summed E-state index contributed by atoms with van der Waals surface area (Å²) in [4.78, 5) is 35.7. The van der Waals surface area contributed by atoms with E-state index in [0.717, 1.165) is 0 Å². The van der Waals surface area contributed by atoms with Crippen molar-refractivity contribution in [2.75, 3.05) is 5.75 Å². The Balaban J connectivity index is 2.74. The fourth-order valence-corrected chi connectivity index (χ4v) is 5.60. The van der Waals surface area contributed by atoms with Crippen LogP contribution in [0.2, 0.25) is 0 Å². The van der Waals surface area contributed by atoms with Crippen LogP contribution in [-0.4, -0.2) is 46.7 Å². The fourth-order valence-electron chi connectivity index (χ4n) is 4.33. The predicted octanol–water partition coefficient (Wildman–Crippen LogP) is 0.0351. The summed E-state index contributed by atoms with van der Waals surface area (Å²) in [6, 6.07) is 0. The SMILES string of the molecule is CC1(C)C2CCC1(CS(=O)(=O)O)C(=O)C2(C(=O)O)C(=O)O. The van der Waals surface area contributed by atoms with E-state index in [2.05, 4.69) is 0 Å². The number of fused-ring (bicyclic) bond motifs is 2. The number of hydrogen-bond acceptors (Lipinski definition) is 5. The van der Waals surface area contributed by atoms with Gasteiger partial charge in [-0.15, -0.1) is 0 Å². The van der Waals surface area contributed by atoms with Gasteiger partial charge in [-0.3, -0.25) is 18.9 Å². The topological polar surface area (TPSA) is 146 Å². The Morgan fingerprint density at radius 3 is 2.05 bits per heavy atom. The van der Waals surface area contributed by atoms with Gasteiger partial charge in [0, 0.05) is 0 Å². The fraction of sp³-hybridized carbons (Fsp3) is 0.750. The summed E-state index contributed by atoms with van der Waals surface area (Å²) in [5.41, 5.74) is -5.49. The Labute approximate surface area is 120 Å². The molecule has 3 N–H and O–H groups in total. The van der Waals surface area contributed by atoms with Crippen LogP contribution in [0.4, 0.5) is 0 Å². The number of ketones is 1. The van der Waals surface area contributed by atoms with Gasteiger partial charge in [-0.2, -0.15) is 8.42 Å². The summed E-state index contributed by atoms with van der Waals surface area (Å²) in [5.74, 6) is -6.67. The first-order chi connectivity index (χ1) is 9.34. The van der Waals surface area contributed by atoms with Gasteiger partial charge >= 0.3 is 11.9 Å². The van der Waals surface area contributed by atoms with E-state index in [4.69, 9.17) is 4.55 Å². The number of aliphatic carboxylic acids is 2. The quantitative estimate of drug-likeness (QED) is 0.486. The van der Waals surface area contributed by atoms with Crippen molar-refractivity contribution in [3.05, 3.63) is 0 Å². The lowest BCUT2D eigenvalue weighted by molar-refractivity contribution is -0.173. The van der Waals surface area contributed by atoms with E-state index in [1.807, 2.05) is 0 Å². The van der Waals surface area contributed by atoms with E-state index in [1.165, 1.54) is 13.8 Å². The van der Waals surface area contributed by atoms with Gasteiger partial charge in [-0.05, 0) is 24.2 Å². The van der Waals surface area contributed by atoms with Crippen LogP contribution in [0.5, 0.6) is 0 Å². The highest BCUT2D eigenvalue weighted by Crippen LogP contribution is 2.70. The molecule has 118 valence electrons. The van der Waals surface area contributed by atoms with Gasteiger partial charge < -0.3 is 10.2 Å². The Kier molecular flexibility index (Phi) is 3.06. The van der Waals surface area contributed by atoms with Gasteiger partial charge in [-0.25, -0.2) is 0 Å². The molecule has 0 aromatic heterocycles. The number of Topliss-reactive ketones (excluding diaryl/α,β-unsaturated/α-hetero) is 1. The maximum Gasteiger partial charge on any atom is 0.329 e. The van der Waals surface area contributed by atoms with Crippen LogP contribution in [0, 0.1) is 22.2 Å². The Morgan fingerprint density at radius 1 is 1.24 bits per heavy atom. The van der Waals surface area contributed by atoms with Crippen LogP contribution in [0.25, 0.3) is 0 Å². The molecule has 2 rings (SSSR count). The molecule has 0 spiro atoms. The molecule has 2 aliphatic carbocycles. The minimum Gasteiger partial charge on any atom is -0.480 e. The van der Waals surface area contributed by atoms with Crippen LogP contribution in [-0.2, 0) is 24.5 Å². The first-order valence-electron chi connectivity index (χ1n) is 6.31. The first kappa shape index (κ1) is 15.9. The number of carboxylic acid groups (broad SMARTS) is 2. The van der Waals surface area contributed by atoms with Crippen molar-refractivity contribution >= 4 is 27.8 Å². The van der Waals surface area contributed by atoms with Gasteiger partial charge in [0.25, 0.3) is 10.1 Å². The van der Waals surface area contributed by atoms with Crippen molar-refractivity contribution < 1.29 is 37.6 Å². The number of rotatable bonds is 4. The van der Waals surface area contributed by atoms with Crippen LogP contribution in [0.15, 0.2) is 0 Å². The lowest BCUT2D eigenvalue weighted by atomic mass is 9.69. The predicted molar refractivity (Wildman–Crippen MR) is 68.1 cm³/mol. The van der Waals surface area contributed by atoms with Gasteiger partial charge in [0.1, 0.15) is 0 Å². The molecule has 9 heteroatoms. The lowest BCUT2D eigenvalue weighted by Crippen LogP contribution is -2.53. The number of carboxylic acids is 2. The maximum absolute atomic E-state index is 12.6. The zero-order valence-electron chi connectivity index (χ0n) is 11.5. The van der Waals surface area contributed by atoms with Crippen molar-refractivity contribution in [1.82, 2.24) is 0 Å². The van der Waals surface area contributed by atoms with Crippen molar-refractivity contribution in [3.63, 3.8) is 0 Å². The molecule has 0 radical (unpaired) electrons. The number of carbonyl (C=O) groups is 3. The van der Waals surface area contributed by atoms with E-state index in [-0.39, 0.29) is 12.8 Å². The number of carbonyl (C=O) groups excluding carboxylic acids is 1. The van der Waals surface area contributed by atoms with Crippen LogP contribution in [0.1, 0.15) is 26.7 Å². The normalized spacial score (nSPS) is 33.1. The average Bonchev–Trinajstić information content (AvgIpc) is 2.58. The smallest absolute Gasteiger partial charge is 0.329 e. The van der Waals surface area contributed by atoms with E-state index in [0.29, 0.717) is 0 Å². The molecule has 21 heavy (non-hydrogen) atoms. The summed E-state index contributed by atoms with van der Waals surface area (Å²) in [7, 11) is -4.56. The van der Waals surface area contributed by atoms with Gasteiger partial charge in [0.15, 0.2) is 5.78 Å². The molecule has 2 aliphatic rings. The molecule has 0 aliphatic heterocycles.